The fourth-order valence-electron chi connectivity index (χ4n) is 3.34. The average molecular weight is 233 g/mol. The van der Waals surface area contributed by atoms with E-state index in [1.807, 2.05) is 6.20 Å². The Morgan fingerprint density at radius 3 is 3.06 bits per heavy atom. The van der Waals surface area contributed by atoms with Crippen LogP contribution in [-0.4, -0.2) is 21.6 Å². The highest BCUT2D eigenvalue weighted by Crippen LogP contribution is 2.45. The van der Waals surface area contributed by atoms with Crippen molar-refractivity contribution < 1.29 is 0 Å². The maximum Gasteiger partial charge on any atom is 0.110 e. The summed E-state index contributed by atoms with van der Waals surface area (Å²) >= 11 is 0. The number of imidazole rings is 1. The van der Waals surface area contributed by atoms with E-state index in [1.54, 1.807) is 0 Å². The summed E-state index contributed by atoms with van der Waals surface area (Å²) in [5.74, 6) is 2.20. The Balaban J connectivity index is 1.77. The summed E-state index contributed by atoms with van der Waals surface area (Å²) in [5.41, 5.74) is 0.386. The van der Waals surface area contributed by atoms with Crippen molar-refractivity contribution in [3.05, 3.63) is 18.2 Å². The van der Waals surface area contributed by atoms with Gasteiger partial charge in [-0.05, 0) is 44.6 Å². The summed E-state index contributed by atoms with van der Waals surface area (Å²) in [6, 6.07) is 0. The van der Waals surface area contributed by atoms with Gasteiger partial charge in [-0.1, -0.05) is 6.92 Å². The predicted molar refractivity (Wildman–Crippen MR) is 68.9 cm³/mol. The first kappa shape index (κ1) is 11.3. The normalized spacial score (nSPS) is 28.8. The largest absolute Gasteiger partial charge is 0.335 e. The molecular formula is C14H23N3. The molecule has 1 unspecified atom stereocenters. The Kier molecular flexibility index (Phi) is 2.95. The van der Waals surface area contributed by atoms with Crippen LogP contribution >= 0.6 is 0 Å². The molecule has 0 amide bonds. The van der Waals surface area contributed by atoms with E-state index in [0.717, 1.165) is 18.9 Å². The van der Waals surface area contributed by atoms with Crippen molar-refractivity contribution in [1.82, 2.24) is 14.9 Å². The SMILES string of the molecule is CCCn1ccnc1CC1(C2CC2)CCCN1. The van der Waals surface area contributed by atoms with Crippen LogP contribution in [0.15, 0.2) is 12.4 Å². The lowest BCUT2D eigenvalue weighted by atomic mass is 9.87. The molecule has 1 saturated heterocycles. The number of rotatable bonds is 5. The highest BCUT2D eigenvalue weighted by molar-refractivity contribution is 5.10. The zero-order valence-electron chi connectivity index (χ0n) is 10.8. The zero-order valence-corrected chi connectivity index (χ0v) is 10.8. The number of hydrogen-bond acceptors (Lipinski definition) is 2. The van der Waals surface area contributed by atoms with Crippen molar-refractivity contribution in [2.24, 2.45) is 5.92 Å². The van der Waals surface area contributed by atoms with E-state index in [0.29, 0.717) is 5.54 Å². The Hall–Kier alpha value is -0.830. The number of nitrogens with one attached hydrogen (secondary N) is 1. The van der Waals surface area contributed by atoms with Gasteiger partial charge in [0, 0.05) is 30.9 Å². The van der Waals surface area contributed by atoms with Crippen LogP contribution in [0, 0.1) is 5.92 Å². The van der Waals surface area contributed by atoms with Gasteiger partial charge < -0.3 is 9.88 Å². The second kappa shape index (κ2) is 4.45. The molecule has 3 rings (SSSR count). The van der Waals surface area contributed by atoms with E-state index < -0.39 is 0 Å². The molecule has 1 aliphatic carbocycles. The van der Waals surface area contributed by atoms with Gasteiger partial charge in [0.05, 0.1) is 0 Å². The van der Waals surface area contributed by atoms with Crippen LogP contribution in [0.5, 0.6) is 0 Å². The average Bonchev–Trinajstić information content (AvgIpc) is 2.96. The molecule has 1 saturated carbocycles. The lowest BCUT2D eigenvalue weighted by molar-refractivity contribution is 0.313. The van der Waals surface area contributed by atoms with Gasteiger partial charge in [-0.25, -0.2) is 4.98 Å². The minimum Gasteiger partial charge on any atom is -0.335 e. The summed E-state index contributed by atoms with van der Waals surface area (Å²) in [6.45, 7) is 4.54. The number of aromatic nitrogens is 2. The molecule has 2 heterocycles. The van der Waals surface area contributed by atoms with E-state index in [9.17, 15) is 0 Å². The van der Waals surface area contributed by atoms with Gasteiger partial charge in [-0.15, -0.1) is 0 Å². The van der Waals surface area contributed by atoms with Crippen molar-refractivity contribution in [1.29, 1.82) is 0 Å². The molecule has 2 aliphatic rings. The first-order valence-corrected chi connectivity index (χ1v) is 7.09. The fourth-order valence-corrected chi connectivity index (χ4v) is 3.34. The highest BCUT2D eigenvalue weighted by atomic mass is 15.1. The second-order valence-electron chi connectivity index (χ2n) is 5.67. The smallest absolute Gasteiger partial charge is 0.110 e. The van der Waals surface area contributed by atoms with E-state index >= 15 is 0 Å². The second-order valence-corrected chi connectivity index (χ2v) is 5.67. The predicted octanol–water partition coefficient (Wildman–Crippen LogP) is 2.37. The maximum atomic E-state index is 4.58. The standard InChI is InChI=1S/C14H23N3/c1-2-9-17-10-8-15-13(17)11-14(12-4-5-12)6-3-7-16-14/h8,10,12,16H,2-7,9,11H2,1H3. The quantitative estimate of drug-likeness (QED) is 0.846. The third-order valence-corrected chi connectivity index (χ3v) is 4.38. The molecule has 1 N–H and O–H groups in total. The van der Waals surface area contributed by atoms with Gasteiger partial charge >= 0.3 is 0 Å². The van der Waals surface area contributed by atoms with Crippen LogP contribution in [0.1, 0.15) is 44.9 Å². The highest BCUT2D eigenvalue weighted by Gasteiger charge is 2.47. The van der Waals surface area contributed by atoms with Crippen LogP contribution in [0.2, 0.25) is 0 Å². The van der Waals surface area contributed by atoms with Crippen molar-refractivity contribution in [3.63, 3.8) is 0 Å². The lowest BCUT2D eigenvalue weighted by Crippen LogP contribution is -2.44. The Morgan fingerprint density at radius 2 is 2.41 bits per heavy atom. The third kappa shape index (κ3) is 2.13. The molecule has 3 heteroatoms. The fraction of sp³-hybridized carbons (Fsp3) is 0.786. The minimum atomic E-state index is 0.386. The number of hydrogen-bond donors (Lipinski definition) is 1. The first-order chi connectivity index (χ1) is 8.34. The van der Waals surface area contributed by atoms with E-state index in [-0.39, 0.29) is 0 Å². The van der Waals surface area contributed by atoms with Gasteiger partial charge in [0.1, 0.15) is 5.82 Å². The molecule has 1 aliphatic heterocycles. The number of aryl methyl sites for hydroxylation is 1. The van der Waals surface area contributed by atoms with Crippen molar-refractivity contribution >= 4 is 0 Å². The molecule has 0 bridgehead atoms. The van der Waals surface area contributed by atoms with E-state index in [1.165, 1.54) is 44.5 Å². The molecular weight excluding hydrogens is 210 g/mol. The topological polar surface area (TPSA) is 29.9 Å². The molecule has 3 nitrogen and oxygen atoms in total. The summed E-state index contributed by atoms with van der Waals surface area (Å²) in [7, 11) is 0. The van der Waals surface area contributed by atoms with Gasteiger partial charge in [0.15, 0.2) is 0 Å². The molecule has 1 aromatic heterocycles. The van der Waals surface area contributed by atoms with Crippen molar-refractivity contribution in [2.45, 2.75) is 57.5 Å². The molecule has 94 valence electrons. The summed E-state index contributed by atoms with van der Waals surface area (Å²) < 4.78 is 2.34. The van der Waals surface area contributed by atoms with Crippen molar-refractivity contribution in [2.75, 3.05) is 6.54 Å². The van der Waals surface area contributed by atoms with Crippen molar-refractivity contribution in [3.8, 4) is 0 Å². The maximum absolute atomic E-state index is 4.58. The molecule has 1 atom stereocenters. The monoisotopic (exact) mass is 233 g/mol. The zero-order chi connectivity index (χ0) is 11.7. The molecule has 0 aromatic carbocycles. The van der Waals surface area contributed by atoms with E-state index in [2.05, 4.69) is 28.0 Å². The first-order valence-electron chi connectivity index (χ1n) is 7.09. The summed E-state index contributed by atoms with van der Waals surface area (Å²) in [5, 5.41) is 3.79. The van der Waals surface area contributed by atoms with Crippen LogP contribution in [-0.2, 0) is 13.0 Å². The van der Waals surface area contributed by atoms with Gasteiger partial charge in [-0.2, -0.15) is 0 Å². The number of nitrogens with zero attached hydrogens (tertiary/aromatic N) is 2. The summed E-state index contributed by atoms with van der Waals surface area (Å²) in [6.07, 6.45) is 11.9. The van der Waals surface area contributed by atoms with Crippen LogP contribution in [0.3, 0.4) is 0 Å². The molecule has 0 spiro atoms. The summed E-state index contributed by atoms with van der Waals surface area (Å²) in [4.78, 5) is 4.58. The Bertz CT molecular complexity index is 373. The molecule has 17 heavy (non-hydrogen) atoms. The van der Waals surface area contributed by atoms with Crippen LogP contribution in [0.25, 0.3) is 0 Å². The molecule has 0 radical (unpaired) electrons. The van der Waals surface area contributed by atoms with Crippen LogP contribution < -0.4 is 5.32 Å². The van der Waals surface area contributed by atoms with Gasteiger partial charge in [-0.3, -0.25) is 0 Å². The van der Waals surface area contributed by atoms with Gasteiger partial charge in [0.2, 0.25) is 0 Å². The van der Waals surface area contributed by atoms with Crippen LogP contribution in [0.4, 0.5) is 0 Å². The van der Waals surface area contributed by atoms with E-state index in [4.69, 9.17) is 0 Å². The Morgan fingerprint density at radius 1 is 1.53 bits per heavy atom. The molecule has 2 fully saturated rings. The minimum absolute atomic E-state index is 0.386. The Labute approximate surface area is 104 Å². The van der Waals surface area contributed by atoms with Gasteiger partial charge in [0.25, 0.3) is 0 Å². The third-order valence-electron chi connectivity index (χ3n) is 4.38. The lowest BCUT2D eigenvalue weighted by Gasteiger charge is -2.29. The molecule has 1 aromatic rings.